The molecule has 16 heavy (non-hydrogen) atoms. The summed E-state index contributed by atoms with van der Waals surface area (Å²) in [6.07, 6.45) is 7.04. The van der Waals surface area contributed by atoms with Crippen LogP contribution in [0.4, 0.5) is 0 Å². The first-order chi connectivity index (χ1) is 7.83. The molecular formula is C12H17N3O. The largest absolute Gasteiger partial charge is 0.334 e. The summed E-state index contributed by atoms with van der Waals surface area (Å²) in [5, 5.41) is 4.09. The van der Waals surface area contributed by atoms with E-state index in [2.05, 4.69) is 28.2 Å². The first kappa shape index (κ1) is 10.0. The number of hydrogen-bond donors (Lipinski definition) is 0. The zero-order chi connectivity index (χ0) is 11.0. The average molecular weight is 219 g/mol. The van der Waals surface area contributed by atoms with Crippen LogP contribution in [0.3, 0.4) is 0 Å². The lowest BCUT2D eigenvalue weighted by atomic mass is 9.85. The van der Waals surface area contributed by atoms with E-state index in [1.165, 1.54) is 24.8 Å². The van der Waals surface area contributed by atoms with E-state index >= 15 is 0 Å². The van der Waals surface area contributed by atoms with Gasteiger partial charge in [0.1, 0.15) is 0 Å². The smallest absolute Gasteiger partial charge is 0.254 e. The molecule has 1 aromatic heterocycles. The standard InChI is InChI=1S/C12H17N3O/c1-15-7-3-6-10(8-15)12-13-11(14-16-12)9-4-2-5-9/h6,9H,2-5,7-8H2,1H3. The topological polar surface area (TPSA) is 42.2 Å². The van der Waals surface area contributed by atoms with Crippen molar-refractivity contribution in [3.63, 3.8) is 0 Å². The van der Waals surface area contributed by atoms with Gasteiger partial charge in [0.15, 0.2) is 5.82 Å². The number of rotatable bonds is 2. The van der Waals surface area contributed by atoms with Crippen LogP contribution in [0.15, 0.2) is 10.6 Å². The Kier molecular flexibility index (Phi) is 2.52. The van der Waals surface area contributed by atoms with Crippen LogP contribution in [0.1, 0.15) is 43.3 Å². The summed E-state index contributed by atoms with van der Waals surface area (Å²) < 4.78 is 5.35. The van der Waals surface area contributed by atoms with E-state index in [0.29, 0.717) is 5.92 Å². The molecule has 1 aliphatic heterocycles. The molecule has 1 fully saturated rings. The number of nitrogens with zero attached hydrogens (tertiary/aromatic N) is 3. The molecule has 4 heteroatoms. The lowest BCUT2D eigenvalue weighted by molar-refractivity contribution is 0.346. The number of hydrogen-bond acceptors (Lipinski definition) is 4. The Bertz CT molecular complexity index is 406. The maximum Gasteiger partial charge on any atom is 0.254 e. The van der Waals surface area contributed by atoms with Gasteiger partial charge in [-0.1, -0.05) is 17.7 Å². The third kappa shape index (κ3) is 1.78. The Labute approximate surface area is 95.3 Å². The van der Waals surface area contributed by atoms with Crippen molar-refractivity contribution in [3.05, 3.63) is 17.8 Å². The molecule has 4 nitrogen and oxygen atoms in total. The van der Waals surface area contributed by atoms with Crippen molar-refractivity contribution in [2.75, 3.05) is 20.1 Å². The molecule has 1 aliphatic carbocycles. The molecule has 1 saturated carbocycles. The van der Waals surface area contributed by atoms with E-state index < -0.39 is 0 Å². The molecule has 1 aromatic rings. The highest BCUT2D eigenvalue weighted by atomic mass is 16.5. The van der Waals surface area contributed by atoms with Crippen molar-refractivity contribution in [3.8, 4) is 0 Å². The first-order valence-electron chi connectivity index (χ1n) is 6.04. The maximum atomic E-state index is 5.35. The average Bonchev–Trinajstić information content (AvgIpc) is 2.64. The van der Waals surface area contributed by atoms with Gasteiger partial charge >= 0.3 is 0 Å². The Morgan fingerprint density at radius 2 is 2.31 bits per heavy atom. The normalized spacial score (nSPS) is 22.9. The van der Waals surface area contributed by atoms with E-state index in [1.807, 2.05) is 0 Å². The third-order valence-electron chi connectivity index (χ3n) is 3.53. The van der Waals surface area contributed by atoms with Gasteiger partial charge in [-0.25, -0.2) is 0 Å². The van der Waals surface area contributed by atoms with Crippen LogP contribution in [-0.4, -0.2) is 35.2 Å². The third-order valence-corrected chi connectivity index (χ3v) is 3.53. The molecule has 0 atom stereocenters. The summed E-state index contributed by atoms with van der Waals surface area (Å²) in [4.78, 5) is 6.80. The molecule has 0 radical (unpaired) electrons. The molecule has 0 unspecified atom stereocenters. The molecule has 0 saturated heterocycles. The van der Waals surface area contributed by atoms with Crippen LogP contribution in [0.2, 0.25) is 0 Å². The molecule has 0 bridgehead atoms. The Morgan fingerprint density at radius 1 is 1.44 bits per heavy atom. The molecule has 3 rings (SSSR count). The second-order valence-corrected chi connectivity index (χ2v) is 4.84. The second kappa shape index (κ2) is 4.01. The van der Waals surface area contributed by atoms with Gasteiger partial charge < -0.3 is 9.42 Å². The van der Waals surface area contributed by atoms with Gasteiger partial charge in [0.2, 0.25) is 0 Å². The fraction of sp³-hybridized carbons (Fsp3) is 0.667. The molecule has 0 amide bonds. The summed E-state index contributed by atoms with van der Waals surface area (Å²) in [6.45, 7) is 2.04. The van der Waals surface area contributed by atoms with Gasteiger partial charge in [0, 0.05) is 24.6 Å². The summed E-state index contributed by atoms with van der Waals surface area (Å²) in [5.41, 5.74) is 1.19. The highest BCUT2D eigenvalue weighted by molar-refractivity contribution is 5.60. The van der Waals surface area contributed by atoms with E-state index in [4.69, 9.17) is 4.52 Å². The quantitative estimate of drug-likeness (QED) is 0.763. The number of aromatic nitrogens is 2. The second-order valence-electron chi connectivity index (χ2n) is 4.84. The van der Waals surface area contributed by atoms with Gasteiger partial charge in [-0.05, 0) is 26.3 Å². The Balaban J connectivity index is 1.78. The predicted octanol–water partition coefficient (Wildman–Crippen LogP) is 2.06. The van der Waals surface area contributed by atoms with Crippen molar-refractivity contribution in [2.45, 2.75) is 31.6 Å². The zero-order valence-electron chi connectivity index (χ0n) is 9.65. The van der Waals surface area contributed by atoms with Crippen LogP contribution in [0, 0.1) is 0 Å². The van der Waals surface area contributed by atoms with Crippen molar-refractivity contribution in [1.82, 2.24) is 15.0 Å². The Morgan fingerprint density at radius 3 is 3.00 bits per heavy atom. The summed E-state index contributed by atoms with van der Waals surface area (Å²) >= 11 is 0. The summed E-state index contributed by atoms with van der Waals surface area (Å²) in [5.74, 6) is 2.20. The van der Waals surface area contributed by atoms with Crippen molar-refractivity contribution >= 4 is 5.57 Å². The molecule has 86 valence electrons. The highest BCUT2D eigenvalue weighted by Gasteiger charge is 2.25. The van der Waals surface area contributed by atoms with Gasteiger partial charge in [0.05, 0.1) is 0 Å². The fourth-order valence-electron chi connectivity index (χ4n) is 2.25. The first-order valence-corrected chi connectivity index (χ1v) is 6.04. The SMILES string of the molecule is CN1CCC=C(c2nc(C3CCC3)no2)C1. The fourth-order valence-corrected chi connectivity index (χ4v) is 2.25. The highest BCUT2D eigenvalue weighted by Crippen LogP contribution is 2.35. The number of likely N-dealkylation sites (N-methyl/N-ethyl adjacent to an activating group) is 1. The zero-order valence-corrected chi connectivity index (χ0v) is 9.65. The van der Waals surface area contributed by atoms with Gasteiger partial charge in [0.25, 0.3) is 5.89 Å². The molecular weight excluding hydrogens is 202 g/mol. The monoisotopic (exact) mass is 219 g/mol. The van der Waals surface area contributed by atoms with Crippen LogP contribution in [0.5, 0.6) is 0 Å². The van der Waals surface area contributed by atoms with Crippen LogP contribution < -0.4 is 0 Å². The Hall–Kier alpha value is -1.16. The summed E-state index contributed by atoms with van der Waals surface area (Å²) in [7, 11) is 2.12. The molecule has 2 aliphatic rings. The summed E-state index contributed by atoms with van der Waals surface area (Å²) in [6, 6.07) is 0. The molecule has 2 heterocycles. The van der Waals surface area contributed by atoms with Crippen LogP contribution in [-0.2, 0) is 0 Å². The minimum atomic E-state index is 0.555. The minimum absolute atomic E-state index is 0.555. The molecule has 0 aromatic carbocycles. The van der Waals surface area contributed by atoms with Gasteiger partial charge in [-0.3, -0.25) is 0 Å². The minimum Gasteiger partial charge on any atom is -0.334 e. The van der Waals surface area contributed by atoms with Gasteiger partial charge in [-0.15, -0.1) is 0 Å². The molecule has 0 N–H and O–H groups in total. The van der Waals surface area contributed by atoms with E-state index in [9.17, 15) is 0 Å². The van der Waals surface area contributed by atoms with Crippen molar-refractivity contribution in [2.24, 2.45) is 0 Å². The molecule has 0 spiro atoms. The lowest BCUT2D eigenvalue weighted by Gasteiger charge is -2.21. The van der Waals surface area contributed by atoms with Crippen molar-refractivity contribution < 1.29 is 4.52 Å². The van der Waals surface area contributed by atoms with Crippen LogP contribution in [0.25, 0.3) is 5.57 Å². The lowest BCUT2D eigenvalue weighted by Crippen LogP contribution is -2.25. The predicted molar refractivity (Wildman–Crippen MR) is 61.0 cm³/mol. The van der Waals surface area contributed by atoms with E-state index in [-0.39, 0.29) is 0 Å². The maximum absolute atomic E-state index is 5.35. The van der Waals surface area contributed by atoms with E-state index in [0.717, 1.165) is 31.2 Å². The van der Waals surface area contributed by atoms with Crippen molar-refractivity contribution in [1.29, 1.82) is 0 Å². The van der Waals surface area contributed by atoms with Crippen LogP contribution >= 0.6 is 0 Å². The van der Waals surface area contributed by atoms with Gasteiger partial charge in [-0.2, -0.15) is 4.98 Å². The van der Waals surface area contributed by atoms with E-state index in [1.54, 1.807) is 0 Å².